The van der Waals surface area contributed by atoms with E-state index in [9.17, 15) is 0 Å². The van der Waals surface area contributed by atoms with Crippen LogP contribution in [-0.4, -0.2) is 33.5 Å². The van der Waals surface area contributed by atoms with Gasteiger partial charge in [-0.2, -0.15) is 0 Å². The zero-order chi connectivity index (χ0) is 14.5. The van der Waals surface area contributed by atoms with E-state index in [-0.39, 0.29) is 12.1 Å². The first-order chi connectivity index (χ1) is 9.72. The highest BCUT2D eigenvalue weighted by Crippen LogP contribution is 2.41. The standard InChI is InChI=1S/C15H22ClNO3/c1-4-17-14(12-6-5-9-20-12)10-7-8-11(18-2)13(16)15(10)19-3/h7-8,12,14,17H,4-6,9H2,1-3H3. The predicted molar refractivity (Wildman–Crippen MR) is 79.9 cm³/mol. The highest BCUT2D eigenvalue weighted by Gasteiger charge is 2.30. The Kier molecular flexibility index (Phi) is 5.52. The van der Waals surface area contributed by atoms with Crippen molar-refractivity contribution in [3.8, 4) is 11.5 Å². The summed E-state index contributed by atoms with van der Waals surface area (Å²) >= 11 is 6.35. The van der Waals surface area contributed by atoms with Gasteiger partial charge in [-0.25, -0.2) is 0 Å². The van der Waals surface area contributed by atoms with Gasteiger partial charge in [-0.1, -0.05) is 18.5 Å². The largest absolute Gasteiger partial charge is 0.495 e. The van der Waals surface area contributed by atoms with Crippen LogP contribution in [0.25, 0.3) is 0 Å². The van der Waals surface area contributed by atoms with Crippen LogP contribution in [-0.2, 0) is 4.74 Å². The van der Waals surface area contributed by atoms with Crippen molar-refractivity contribution >= 4 is 11.6 Å². The quantitative estimate of drug-likeness (QED) is 0.876. The van der Waals surface area contributed by atoms with Gasteiger partial charge in [0.15, 0.2) is 0 Å². The summed E-state index contributed by atoms with van der Waals surface area (Å²) in [4.78, 5) is 0. The van der Waals surface area contributed by atoms with Crippen molar-refractivity contribution in [1.82, 2.24) is 5.32 Å². The van der Waals surface area contributed by atoms with Crippen molar-refractivity contribution in [3.05, 3.63) is 22.7 Å². The third-order valence-corrected chi connectivity index (χ3v) is 3.97. The minimum Gasteiger partial charge on any atom is -0.495 e. The molecule has 5 heteroatoms. The average Bonchev–Trinajstić information content (AvgIpc) is 2.98. The molecule has 1 saturated heterocycles. The minimum atomic E-state index is 0.0841. The Morgan fingerprint density at radius 2 is 2.20 bits per heavy atom. The summed E-state index contributed by atoms with van der Waals surface area (Å²) in [5.74, 6) is 1.28. The fourth-order valence-corrected chi connectivity index (χ4v) is 3.02. The van der Waals surface area contributed by atoms with Gasteiger partial charge in [0.25, 0.3) is 0 Å². The number of methoxy groups -OCH3 is 2. The van der Waals surface area contributed by atoms with Crippen molar-refractivity contribution in [2.24, 2.45) is 0 Å². The van der Waals surface area contributed by atoms with Crippen LogP contribution in [0.5, 0.6) is 11.5 Å². The molecule has 20 heavy (non-hydrogen) atoms. The van der Waals surface area contributed by atoms with Crippen LogP contribution in [0.3, 0.4) is 0 Å². The number of likely N-dealkylation sites (N-methyl/N-ethyl adjacent to an activating group) is 1. The Balaban J connectivity index is 2.39. The van der Waals surface area contributed by atoms with E-state index >= 15 is 0 Å². The molecular formula is C15H22ClNO3. The maximum absolute atomic E-state index is 6.35. The van der Waals surface area contributed by atoms with E-state index in [0.717, 1.165) is 31.6 Å². The van der Waals surface area contributed by atoms with Crippen LogP contribution in [0, 0.1) is 0 Å². The molecule has 112 valence electrons. The van der Waals surface area contributed by atoms with Crippen LogP contribution in [0.4, 0.5) is 0 Å². The number of nitrogens with one attached hydrogen (secondary N) is 1. The number of hydrogen-bond acceptors (Lipinski definition) is 4. The van der Waals surface area contributed by atoms with Gasteiger partial charge >= 0.3 is 0 Å². The summed E-state index contributed by atoms with van der Waals surface area (Å²) in [7, 11) is 3.23. The Morgan fingerprint density at radius 1 is 1.40 bits per heavy atom. The summed E-state index contributed by atoms with van der Waals surface area (Å²) in [6.07, 6.45) is 2.30. The Labute approximate surface area is 125 Å². The smallest absolute Gasteiger partial charge is 0.146 e. The van der Waals surface area contributed by atoms with E-state index in [1.165, 1.54) is 0 Å². The van der Waals surface area contributed by atoms with Crippen molar-refractivity contribution in [1.29, 1.82) is 0 Å². The second-order valence-corrected chi connectivity index (χ2v) is 5.17. The van der Waals surface area contributed by atoms with E-state index < -0.39 is 0 Å². The lowest BCUT2D eigenvalue weighted by Gasteiger charge is -2.26. The van der Waals surface area contributed by atoms with Gasteiger partial charge in [0, 0.05) is 12.2 Å². The first-order valence-electron chi connectivity index (χ1n) is 6.98. The Hall–Kier alpha value is -0.970. The van der Waals surface area contributed by atoms with Crippen LogP contribution in [0.15, 0.2) is 12.1 Å². The first-order valence-corrected chi connectivity index (χ1v) is 7.36. The van der Waals surface area contributed by atoms with Gasteiger partial charge in [0.1, 0.15) is 16.5 Å². The van der Waals surface area contributed by atoms with Crippen LogP contribution in [0.1, 0.15) is 31.4 Å². The predicted octanol–water partition coefficient (Wildman–Crippen LogP) is 3.19. The van der Waals surface area contributed by atoms with Crippen LogP contribution < -0.4 is 14.8 Å². The normalized spacial score (nSPS) is 19.9. The molecule has 0 bridgehead atoms. The molecule has 1 aliphatic heterocycles. The monoisotopic (exact) mass is 299 g/mol. The molecule has 1 aromatic carbocycles. The minimum absolute atomic E-state index is 0.0841. The molecule has 2 unspecified atom stereocenters. The lowest BCUT2D eigenvalue weighted by atomic mass is 9.98. The molecule has 1 heterocycles. The molecule has 2 atom stereocenters. The van der Waals surface area contributed by atoms with Crippen molar-refractivity contribution in [2.45, 2.75) is 31.9 Å². The summed E-state index contributed by atoms with van der Waals surface area (Å²) in [5.41, 5.74) is 1.02. The topological polar surface area (TPSA) is 39.7 Å². The molecule has 0 spiro atoms. The summed E-state index contributed by atoms with van der Waals surface area (Å²) in [6.45, 7) is 3.76. The van der Waals surface area contributed by atoms with Crippen LogP contribution >= 0.6 is 11.6 Å². The third-order valence-electron chi connectivity index (χ3n) is 3.61. The molecule has 1 aliphatic rings. The third kappa shape index (κ3) is 3.03. The second-order valence-electron chi connectivity index (χ2n) is 4.79. The molecule has 1 N–H and O–H groups in total. The van der Waals surface area contributed by atoms with Gasteiger partial charge in [-0.3, -0.25) is 0 Å². The number of benzene rings is 1. The van der Waals surface area contributed by atoms with E-state index in [4.69, 9.17) is 25.8 Å². The van der Waals surface area contributed by atoms with E-state index in [1.807, 2.05) is 12.1 Å². The number of ether oxygens (including phenoxy) is 3. The number of hydrogen-bond donors (Lipinski definition) is 1. The molecule has 1 aromatic rings. The van der Waals surface area contributed by atoms with Gasteiger partial charge < -0.3 is 19.5 Å². The van der Waals surface area contributed by atoms with Crippen LogP contribution in [0.2, 0.25) is 5.02 Å². The average molecular weight is 300 g/mol. The van der Waals surface area contributed by atoms with Crippen molar-refractivity contribution < 1.29 is 14.2 Å². The fourth-order valence-electron chi connectivity index (χ4n) is 2.69. The maximum atomic E-state index is 6.35. The first kappa shape index (κ1) is 15.4. The van der Waals surface area contributed by atoms with E-state index in [1.54, 1.807) is 14.2 Å². The van der Waals surface area contributed by atoms with Crippen molar-refractivity contribution in [3.63, 3.8) is 0 Å². The SMILES string of the molecule is CCNC(c1ccc(OC)c(Cl)c1OC)C1CCCO1. The molecule has 2 rings (SSSR count). The summed E-state index contributed by atoms with van der Waals surface area (Å²) < 4.78 is 16.6. The Morgan fingerprint density at radius 3 is 2.75 bits per heavy atom. The molecular weight excluding hydrogens is 278 g/mol. The highest BCUT2D eigenvalue weighted by molar-refractivity contribution is 6.33. The summed E-state index contributed by atoms with van der Waals surface area (Å²) in [5, 5.41) is 3.98. The fraction of sp³-hybridized carbons (Fsp3) is 0.600. The molecule has 0 amide bonds. The molecule has 4 nitrogen and oxygen atoms in total. The zero-order valence-electron chi connectivity index (χ0n) is 12.2. The lowest BCUT2D eigenvalue weighted by molar-refractivity contribution is 0.0779. The summed E-state index contributed by atoms with van der Waals surface area (Å²) in [6, 6.07) is 3.96. The van der Waals surface area contributed by atoms with E-state index in [0.29, 0.717) is 16.5 Å². The second kappa shape index (κ2) is 7.16. The molecule has 0 aliphatic carbocycles. The number of rotatable bonds is 6. The van der Waals surface area contributed by atoms with Crippen molar-refractivity contribution in [2.75, 3.05) is 27.4 Å². The molecule has 1 fully saturated rings. The number of halogens is 1. The molecule has 0 saturated carbocycles. The lowest BCUT2D eigenvalue weighted by Crippen LogP contribution is -2.32. The van der Waals surface area contributed by atoms with E-state index in [2.05, 4.69) is 12.2 Å². The van der Waals surface area contributed by atoms with Gasteiger partial charge in [-0.05, 0) is 31.5 Å². The zero-order valence-corrected chi connectivity index (χ0v) is 13.0. The van der Waals surface area contributed by atoms with Gasteiger partial charge in [0.05, 0.1) is 26.4 Å². The van der Waals surface area contributed by atoms with Gasteiger partial charge in [0.2, 0.25) is 0 Å². The maximum Gasteiger partial charge on any atom is 0.146 e. The molecule has 0 radical (unpaired) electrons. The molecule has 0 aromatic heterocycles. The Bertz CT molecular complexity index is 447. The highest BCUT2D eigenvalue weighted by atomic mass is 35.5. The van der Waals surface area contributed by atoms with Gasteiger partial charge in [-0.15, -0.1) is 0 Å².